The summed E-state index contributed by atoms with van der Waals surface area (Å²) in [7, 11) is 0. The van der Waals surface area contributed by atoms with Crippen LogP contribution in [0.5, 0.6) is 5.75 Å². The van der Waals surface area contributed by atoms with Crippen molar-refractivity contribution in [3.8, 4) is 17.1 Å². The average molecular weight is 269 g/mol. The van der Waals surface area contributed by atoms with Crippen molar-refractivity contribution in [1.82, 2.24) is 15.3 Å². The predicted octanol–water partition coefficient (Wildman–Crippen LogP) is 2.79. The van der Waals surface area contributed by atoms with E-state index in [1.54, 1.807) is 0 Å². The summed E-state index contributed by atoms with van der Waals surface area (Å²) in [6.45, 7) is 3.42. The molecule has 20 heavy (non-hydrogen) atoms. The van der Waals surface area contributed by atoms with Gasteiger partial charge >= 0.3 is 0 Å². The third kappa shape index (κ3) is 3.14. The maximum atomic E-state index is 5.64. The van der Waals surface area contributed by atoms with Crippen molar-refractivity contribution in [2.75, 3.05) is 6.61 Å². The van der Waals surface area contributed by atoms with Crippen LogP contribution in [0.1, 0.15) is 25.5 Å². The third-order valence-electron chi connectivity index (χ3n) is 3.29. The monoisotopic (exact) mass is 269 g/mol. The van der Waals surface area contributed by atoms with Gasteiger partial charge in [-0.3, -0.25) is 0 Å². The van der Waals surface area contributed by atoms with Crippen LogP contribution >= 0.6 is 0 Å². The molecular weight excluding hydrogens is 250 g/mol. The highest BCUT2D eigenvalue weighted by Crippen LogP contribution is 2.27. The van der Waals surface area contributed by atoms with E-state index in [1.807, 2.05) is 43.5 Å². The highest BCUT2D eigenvalue weighted by molar-refractivity contribution is 5.63. The van der Waals surface area contributed by atoms with Crippen LogP contribution in [0.25, 0.3) is 11.4 Å². The summed E-state index contributed by atoms with van der Waals surface area (Å²) in [6.07, 6.45) is 4.38. The zero-order valence-corrected chi connectivity index (χ0v) is 11.7. The first-order chi connectivity index (χ1) is 9.86. The lowest BCUT2D eigenvalue weighted by atomic mass is 10.2. The van der Waals surface area contributed by atoms with Gasteiger partial charge in [-0.2, -0.15) is 0 Å². The summed E-state index contributed by atoms with van der Waals surface area (Å²) in [4.78, 5) is 9.01. The van der Waals surface area contributed by atoms with Gasteiger partial charge in [0.05, 0.1) is 17.9 Å². The molecule has 2 aromatic rings. The van der Waals surface area contributed by atoms with Gasteiger partial charge in [-0.25, -0.2) is 9.97 Å². The van der Waals surface area contributed by atoms with Gasteiger partial charge in [-0.05, 0) is 38.0 Å². The molecule has 1 aliphatic carbocycles. The van der Waals surface area contributed by atoms with Crippen LogP contribution in [-0.2, 0) is 6.54 Å². The summed E-state index contributed by atoms with van der Waals surface area (Å²) >= 11 is 0. The van der Waals surface area contributed by atoms with Crippen LogP contribution in [0.4, 0.5) is 0 Å². The van der Waals surface area contributed by atoms with Crippen molar-refractivity contribution >= 4 is 0 Å². The molecule has 1 saturated carbocycles. The molecule has 0 unspecified atom stereocenters. The highest BCUT2D eigenvalue weighted by atomic mass is 16.5. The van der Waals surface area contributed by atoms with Crippen LogP contribution in [-0.4, -0.2) is 22.6 Å². The molecule has 1 aromatic carbocycles. The molecule has 1 fully saturated rings. The molecule has 0 atom stereocenters. The number of nitrogens with zero attached hydrogens (tertiary/aromatic N) is 2. The summed E-state index contributed by atoms with van der Waals surface area (Å²) in [5.74, 6) is 1.56. The Balaban J connectivity index is 1.83. The Morgan fingerprint density at radius 2 is 2.10 bits per heavy atom. The molecule has 4 nitrogen and oxygen atoms in total. The molecular formula is C16H19N3O. The number of hydrogen-bond acceptors (Lipinski definition) is 4. The first kappa shape index (κ1) is 13.1. The van der Waals surface area contributed by atoms with Gasteiger partial charge in [0.1, 0.15) is 5.75 Å². The summed E-state index contributed by atoms with van der Waals surface area (Å²) in [5.41, 5.74) is 1.97. The fraction of sp³-hybridized carbons (Fsp3) is 0.375. The fourth-order valence-corrected chi connectivity index (χ4v) is 2.09. The van der Waals surface area contributed by atoms with Gasteiger partial charge < -0.3 is 10.1 Å². The number of ether oxygens (including phenoxy) is 1. The molecule has 0 bridgehead atoms. The van der Waals surface area contributed by atoms with E-state index >= 15 is 0 Å². The molecule has 0 amide bonds. The van der Waals surface area contributed by atoms with E-state index < -0.39 is 0 Å². The summed E-state index contributed by atoms with van der Waals surface area (Å²) in [6, 6.07) is 10.5. The average Bonchev–Trinajstić information content (AvgIpc) is 3.31. The summed E-state index contributed by atoms with van der Waals surface area (Å²) in [5, 5.41) is 3.47. The molecule has 104 valence electrons. The molecule has 4 heteroatoms. The van der Waals surface area contributed by atoms with Crippen LogP contribution in [0, 0.1) is 0 Å². The Labute approximate surface area is 119 Å². The minimum atomic E-state index is 0.639. The molecule has 0 aliphatic heterocycles. The molecule has 3 rings (SSSR count). The van der Waals surface area contributed by atoms with Gasteiger partial charge in [0.25, 0.3) is 0 Å². The predicted molar refractivity (Wildman–Crippen MR) is 78.5 cm³/mol. The zero-order chi connectivity index (χ0) is 13.8. The number of nitrogens with one attached hydrogen (secondary N) is 1. The minimum absolute atomic E-state index is 0.639. The highest BCUT2D eigenvalue weighted by Gasteiger charge is 2.20. The van der Waals surface area contributed by atoms with Gasteiger partial charge in [-0.15, -0.1) is 0 Å². The number of hydrogen-bond donors (Lipinski definition) is 1. The van der Waals surface area contributed by atoms with Crippen molar-refractivity contribution < 1.29 is 4.74 Å². The maximum absolute atomic E-state index is 5.64. The topological polar surface area (TPSA) is 47.0 Å². The van der Waals surface area contributed by atoms with Crippen LogP contribution < -0.4 is 10.1 Å². The van der Waals surface area contributed by atoms with E-state index in [4.69, 9.17) is 4.74 Å². The Kier molecular flexibility index (Phi) is 3.92. The molecule has 1 aromatic heterocycles. The normalized spacial score (nSPS) is 14.2. The van der Waals surface area contributed by atoms with E-state index in [9.17, 15) is 0 Å². The standard InChI is InChI=1S/C16H19N3O/c1-2-20-15-6-4-3-5-14(15)16-17-10-9-13(19-16)11-18-12-7-8-12/h3-6,9-10,12,18H,2,7-8,11H2,1H3. The van der Waals surface area contributed by atoms with Gasteiger partial charge in [0.2, 0.25) is 0 Å². The molecule has 0 radical (unpaired) electrons. The Hall–Kier alpha value is -1.94. The maximum Gasteiger partial charge on any atom is 0.163 e. The number of benzene rings is 1. The Bertz CT molecular complexity index is 581. The zero-order valence-electron chi connectivity index (χ0n) is 11.7. The van der Waals surface area contributed by atoms with Crippen molar-refractivity contribution in [3.05, 3.63) is 42.2 Å². The van der Waals surface area contributed by atoms with E-state index in [0.717, 1.165) is 29.4 Å². The second kappa shape index (κ2) is 6.01. The van der Waals surface area contributed by atoms with E-state index in [0.29, 0.717) is 12.6 Å². The lowest BCUT2D eigenvalue weighted by molar-refractivity contribution is 0.341. The van der Waals surface area contributed by atoms with Gasteiger partial charge in [-0.1, -0.05) is 12.1 Å². The molecule has 0 saturated heterocycles. The van der Waals surface area contributed by atoms with Gasteiger partial charge in [0.15, 0.2) is 5.82 Å². The van der Waals surface area contributed by atoms with Crippen molar-refractivity contribution in [2.24, 2.45) is 0 Å². The number of aromatic nitrogens is 2. The molecule has 1 N–H and O–H groups in total. The van der Waals surface area contributed by atoms with Crippen molar-refractivity contribution in [1.29, 1.82) is 0 Å². The first-order valence-electron chi connectivity index (χ1n) is 7.14. The number of para-hydroxylation sites is 1. The van der Waals surface area contributed by atoms with Crippen LogP contribution in [0.3, 0.4) is 0 Å². The lowest BCUT2D eigenvalue weighted by Gasteiger charge is -2.10. The smallest absolute Gasteiger partial charge is 0.163 e. The molecule has 1 aliphatic rings. The molecule has 1 heterocycles. The second-order valence-electron chi connectivity index (χ2n) is 4.96. The first-order valence-corrected chi connectivity index (χ1v) is 7.14. The van der Waals surface area contributed by atoms with E-state index in [-0.39, 0.29) is 0 Å². The lowest BCUT2D eigenvalue weighted by Crippen LogP contribution is -2.16. The largest absolute Gasteiger partial charge is 0.493 e. The minimum Gasteiger partial charge on any atom is -0.493 e. The van der Waals surface area contributed by atoms with E-state index in [2.05, 4.69) is 15.3 Å². The van der Waals surface area contributed by atoms with Crippen molar-refractivity contribution in [2.45, 2.75) is 32.4 Å². The summed E-state index contributed by atoms with van der Waals surface area (Å²) < 4.78 is 5.64. The Morgan fingerprint density at radius 1 is 1.25 bits per heavy atom. The third-order valence-corrected chi connectivity index (χ3v) is 3.29. The van der Waals surface area contributed by atoms with Crippen molar-refractivity contribution in [3.63, 3.8) is 0 Å². The molecule has 0 spiro atoms. The van der Waals surface area contributed by atoms with Crippen LogP contribution in [0.15, 0.2) is 36.5 Å². The Morgan fingerprint density at radius 3 is 2.90 bits per heavy atom. The van der Waals surface area contributed by atoms with Gasteiger partial charge in [0, 0.05) is 18.8 Å². The van der Waals surface area contributed by atoms with E-state index in [1.165, 1.54) is 12.8 Å². The van der Waals surface area contributed by atoms with Crippen LogP contribution in [0.2, 0.25) is 0 Å². The SMILES string of the molecule is CCOc1ccccc1-c1nccc(CNC2CC2)n1. The quantitative estimate of drug-likeness (QED) is 0.876. The fourth-order valence-electron chi connectivity index (χ4n) is 2.09. The number of rotatable bonds is 6. The second-order valence-corrected chi connectivity index (χ2v) is 4.96.